The van der Waals surface area contributed by atoms with Gasteiger partial charge in [0.05, 0.1) is 11.9 Å². The number of halogens is 2. The van der Waals surface area contributed by atoms with E-state index < -0.39 is 11.6 Å². The van der Waals surface area contributed by atoms with E-state index in [1.165, 1.54) is 12.1 Å². The number of rotatable bonds is 4. The summed E-state index contributed by atoms with van der Waals surface area (Å²) < 4.78 is 26.2. The zero-order valence-corrected chi connectivity index (χ0v) is 12.2. The van der Waals surface area contributed by atoms with Crippen LogP contribution in [0.15, 0.2) is 77.9 Å². The van der Waals surface area contributed by atoms with Gasteiger partial charge in [0.1, 0.15) is 5.82 Å². The number of nitrogens with zero attached hydrogens (tertiary/aromatic N) is 1. The molecule has 0 heterocycles. The molecule has 0 saturated carbocycles. The summed E-state index contributed by atoms with van der Waals surface area (Å²) in [4.78, 5) is 0. The SMILES string of the molecule is Fc1ccc(N/N=C/c2ccc(-c3ccccc3)cc2)c(F)c1. The Labute approximate surface area is 133 Å². The molecule has 0 spiro atoms. The highest BCUT2D eigenvalue weighted by molar-refractivity contribution is 5.81. The lowest BCUT2D eigenvalue weighted by molar-refractivity contribution is 0.585. The van der Waals surface area contributed by atoms with Crippen LogP contribution in [0.5, 0.6) is 0 Å². The molecule has 3 aromatic rings. The van der Waals surface area contributed by atoms with E-state index in [1.54, 1.807) is 6.21 Å². The smallest absolute Gasteiger partial charge is 0.151 e. The highest BCUT2D eigenvalue weighted by atomic mass is 19.1. The van der Waals surface area contributed by atoms with E-state index in [0.29, 0.717) is 0 Å². The molecule has 0 unspecified atom stereocenters. The van der Waals surface area contributed by atoms with E-state index in [4.69, 9.17) is 0 Å². The van der Waals surface area contributed by atoms with Gasteiger partial charge in [0, 0.05) is 6.07 Å². The van der Waals surface area contributed by atoms with Crippen molar-refractivity contribution < 1.29 is 8.78 Å². The Hall–Kier alpha value is -3.01. The zero-order chi connectivity index (χ0) is 16.1. The monoisotopic (exact) mass is 308 g/mol. The van der Waals surface area contributed by atoms with Crippen molar-refractivity contribution in [3.05, 3.63) is 90.0 Å². The second-order valence-electron chi connectivity index (χ2n) is 4.98. The first-order valence-electron chi connectivity index (χ1n) is 7.12. The molecule has 4 heteroatoms. The molecular formula is C19H14F2N2. The molecule has 114 valence electrons. The standard InChI is InChI=1S/C19H14F2N2/c20-17-10-11-19(18(21)12-17)23-22-13-14-6-8-16(9-7-14)15-4-2-1-3-5-15/h1-13,23H/b22-13+. The second-order valence-corrected chi connectivity index (χ2v) is 4.98. The van der Waals surface area contributed by atoms with E-state index in [9.17, 15) is 8.78 Å². The van der Waals surface area contributed by atoms with Crippen LogP contribution in [0, 0.1) is 11.6 Å². The Balaban J connectivity index is 1.68. The van der Waals surface area contributed by atoms with Gasteiger partial charge in [-0.15, -0.1) is 0 Å². The summed E-state index contributed by atoms with van der Waals surface area (Å²) in [5, 5.41) is 3.97. The molecule has 0 aliphatic carbocycles. The Kier molecular flexibility index (Phi) is 4.43. The fourth-order valence-corrected chi connectivity index (χ4v) is 2.15. The lowest BCUT2D eigenvalue weighted by Crippen LogP contribution is -1.94. The van der Waals surface area contributed by atoms with Crippen molar-refractivity contribution in [3.8, 4) is 11.1 Å². The van der Waals surface area contributed by atoms with Crippen LogP contribution in [0.25, 0.3) is 11.1 Å². The van der Waals surface area contributed by atoms with Crippen LogP contribution in [-0.2, 0) is 0 Å². The number of hydrogen-bond acceptors (Lipinski definition) is 2. The van der Waals surface area contributed by atoms with Gasteiger partial charge in [-0.05, 0) is 28.8 Å². The first kappa shape index (κ1) is 14.9. The normalized spacial score (nSPS) is 10.9. The molecule has 0 saturated heterocycles. The molecule has 23 heavy (non-hydrogen) atoms. The fraction of sp³-hybridized carbons (Fsp3) is 0. The van der Waals surface area contributed by atoms with Gasteiger partial charge in [0.25, 0.3) is 0 Å². The summed E-state index contributed by atoms with van der Waals surface area (Å²) >= 11 is 0. The molecule has 2 nitrogen and oxygen atoms in total. The van der Waals surface area contributed by atoms with E-state index in [1.807, 2.05) is 54.6 Å². The Morgan fingerprint density at radius 1 is 0.783 bits per heavy atom. The highest BCUT2D eigenvalue weighted by Gasteiger charge is 2.01. The maximum absolute atomic E-state index is 13.4. The molecule has 0 fully saturated rings. The summed E-state index contributed by atoms with van der Waals surface area (Å²) in [5.74, 6) is -1.30. The molecule has 0 bridgehead atoms. The van der Waals surface area contributed by atoms with Crippen LogP contribution in [0.4, 0.5) is 14.5 Å². The maximum atomic E-state index is 13.4. The summed E-state index contributed by atoms with van der Waals surface area (Å²) in [6.07, 6.45) is 1.58. The van der Waals surface area contributed by atoms with Crippen molar-refractivity contribution in [1.82, 2.24) is 0 Å². The lowest BCUT2D eigenvalue weighted by atomic mass is 10.0. The largest absolute Gasteiger partial charge is 0.276 e. The van der Waals surface area contributed by atoms with Crippen molar-refractivity contribution in [2.24, 2.45) is 5.10 Å². The Morgan fingerprint density at radius 2 is 1.48 bits per heavy atom. The molecule has 0 atom stereocenters. The van der Waals surface area contributed by atoms with Crippen LogP contribution >= 0.6 is 0 Å². The minimum atomic E-state index is -0.679. The third-order valence-corrected chi connectivity index (χ3v) is 3.35. The molecule has 0 radical (unpaired) electrons. The van der Waals surface area contributed by atoms with Crippen LogP contribution in [0.2, 0.25) is 0 Å². The number of nitrogens with one attached hydrogen (secondary N) is 1. The number of anilines is 1. The third-order valence-electron chi connectivity index (χ3n) is 3.35. The number of hydrogen-bond donors (Lipinski definition) is 1. The van der Waals surface area contributed by atoms with Crippen molar-refractivity contribution in [3.63, 3.8) is 0 Å². The van der Waals surface area contributed by atoms with Crippen molar-refractivity contribution >= 4 is 11.9 Å². The highest BCUT2D eigenvalue weighted by Crippen LogP contribution is 2.19. The van der Waals surface area contributed by atoms with Gasteiger partial charge in [-0.3, -0.25) is 5.43 Å². The lowest BCUT2D eigenvalue weighted by Gasteiger charge is -2.03. The average molecular weight is 308 g/mol. The molecular weight excluding hydrogens is 294 g/mol. The molecule has 1 N–H and O–H groups in total. The van der Waals surface area contributed by atoms with Gasteiger partial charge in [0.15, 0.2) is 5.82 Å². The summed E-state index contributed by atoms with van der Waals surface area (Å²) in [7, 11) is 0. The second kappa shape index (κ2) is 6.83. The third kappa shape index (κ3) is 3.80. The van der Waals surface area contributed by atoms with Crippen molar-refractivity contribution in [2.75, 3.05) is 5.43 Å². The van der Waals surface area contributed by atoms with Crippen LogP contribution in [0.1, 0.15) is 5.56 Å². The van der Waals surface area contributed by atoms with Gasteiger partial charge in [-0.2, -0.15) is 5.10 Å². The molecule has 0 aromatic heterocycles. The van der Waals surface area contributed by atoms with Gasteiger partial charge < -0.3 is 0 Å². The number of benzene rings is 3. The molecule has 3 rings (SSSR count). The molecule has 0 aliphatic heterocycles. The predicted molar refractivity (Wildman–Crippen MR) is 89.5 cm³/mol. The van der Waals surface area contributed by atoms with Gasteiger partial charge in [-0.25, -0.2) is 8.78 Å². The maximum Gasteiger partial charge on any atom is 0.151 e. The molecule has 3 aromatic carbocycles. The molecule has 0 amide bonds. The van der Waals surface area contributed by atoms with E-state index in [2.05, 4.69) is 10.5 Å². The number of hydrazone groups is 1. The van der Waals surface area contributed by atoms with Crippen molar-refractivity contribution in [2.45, 2.75) is 0 Å². The Morgan fingerprint density at radius 3 is 2.17 bits per heavy atom. The minimum absolute atomic E-state index is 0.128. The van der Waals surface area contributed by atoms with E-state index >= 15 is 0 Å². The average Bonchev–Trinajstić information content (AvgIpc) is 2.58. The first-order chi connectivity index (χ1) is 11.2. The van der Waals surface area contributed by atoms with Gasteiger partial charge in [-0.1, -0.05) is 54.6 Å². The summed E-state index contributed by atoms with van der Waals surface area (Å²) in [6.45, 7) is 0. The minimum Gasteiger partial charge on any atom is -0.276 e. The van der Waals surface area contributed by atoms with Crippen molar-refractivity contribution in [1.29, 1.82) is 0 Å². The predicted octanol–water partition coefficient (Wildman–Crippen LogP) is 5.08. The topological polar surface area (TPSA) is 24.4 Å². The van der Waals surface area contributed by atoms with E-state index in [0.717, 1.165) is 22.8 Å². The van der Waals surface area contributed by atoms with Crippen LogP contribution in [-0.4, -0.2) is 6.21 Å². The molecule has 0 aliphatic rings. The Bertz CT molecular complexity index is 813. The fourth-order valence-electron chi connectivity index (χ4n) is 2.15. The van der Waals surface area contributed by atoms with E-state index in [-0.39, 0.29) is 5.69 Å². The quantitative estimate of drug-likeness (QED) is 0.527. The van der Waals surface area contributed by atoms with Gasteiger partial charge >= 0.3 is 0 Å². The first-order valence-corrected chi connectivity index (χ1v) is 7.12. The van der Waals surface area contributed by atoms with Crippen LogP contribution in [0.3, 0.4) is 0 Å². The summed E-state index contributed by atoms with van der Waals surface area (Å²) in [6, 6.07) is 21.2. The summed E-state index contributed by atoms with van der Waals surface area (Å²) in [5.41, 5.74) is 5.82. The zero-order valence-electron chi connectivity index (χ0n) is 12.2. The van der Waals surface area contributed by atoms with Gasteiger partial charge in [0.2, 0.25) is 0 Å². The van der Waals surface area contributed by atoms with Crippen LogP contribution < -0.4 is 5.43 Å².